The van der Waals surface area contributed by atoms with Crippen molar-refractivity contribution in [1.29, 1.82) is 0 Å². The van der Waals surface area contributed by atoms with Crippen LogP contribution < -0.4 is 5.32 Å². The molecular weight excluding hydrogens is 170 g/mol. The Morgan fingerprint density at radius 2 is 1.71 bits per heavy atom. The predicted molar refractivity (Wildman–Crippen MR) is 63.5 cm³/mol. The van der Waals surface area contributed by atoms with E-state index in [1.165, 1.54) is 44.9 Å². The first kappa shape index (κ1) is 12.0. The van der Waals surface area contributed by atoms with E-state index in [0.29, 0.717) is 0 Å². The van der Waals surface area contributed by atoms with E-state index in [-0.39, 0.29) is 0 Å². The maximum Gasteiger partial charge on any atom is 0.00693 e. The van der Waals surface area contributed by atoms with Crippen LogP contribution in [0.4, 0.5) is 0 Å². The van der Waals surface area contributed by atoms with Gasteiger partial charge in [-0.1, -0.05) is 39.5 Å². The van der Waals surface area contributed by atoms with Crippen molar-refractivity contribution in [2.45, 2.75) is 77.8 Å². The third-order valence-electron chi connectivity index (χ3n) is 3.18. The van der Waals surface area contributed by atoms with Gasteiger partial charge in [0.15, 0.2) is 0 Å². The Bertz CT molecular complexity index is 134. The van der Waals surface area contributed by atoms with Crippen molar-refractivity contribution in [2.75, 3.05) is 0 Å². The molecule has 1 nitrogen and oxygen atoms in total. The minimum absolute atomic E-state index is 0.741. The summed E-state index contributed by atoms with van der Waals surface area (Å²) in [6.45, 7) is 6.93. The normalized spacial score (nSPS) is 18.9. The van der Waals surface area contributed by atoms with Gasteiger partial charge >= 0.3 is 0 Å². The van der Waals surface area contributed by atoms with Gasteiger partial charge in [0.2, 0.25) is 0 Å². The third kappa shape index (κ3) is 4.99. The lowest BCUT2D eigenvalue weighted by Gasteiger charge is -2.22. The van der Waals surface area contributed by atoms with Gasteiger partial charge in [-0.3, -0.25) is 0 Å². The minimum atomic E-state index is 0.741. The molecule has 1 unspecified atom stereocenters. The highest BCUT2D eigenvalue weighted by Crippen LogP contribution is 2.33. The van der Waals surface area contributed by atoms with E-state index in [4.69, 9.17) is 0 Å². The minimum Gasteiger partial charge on any atom is -0.311 e. The zero-order valence-corrected chi connectivity index (χ0v) is 10.2. The second kappa shape index (κ2) is 6.44. The zero-order chi connectivity index (χ0) is 10.4. The van der Waals surface area contributed by atoms with Gasteiger partial charge in [0.05, 0.1) is 0 Å². The lowest BCUT2D eigenvalue weighted by atomic mass is 10.0. The van der Waals surface area contributed by atoms with Gasteiger partial charge in [-0.05, 0) is 32.1 Å². The maximum absolute atomic E-state index is 3.79. The van der Waals surface area contributed by atoms with Crippen molar-refractivity contribution in [3.8, 4) is 0 Å². The van der Waals surface area contributed by atoms with Crippen LogP contribution in [0.5, 0.6) is 0 Å². The summed E-state index contributed by atoms with van der Waals surface area (Å²) in [5, 5.41) is 3.79. The SMILES string of the molecule is CCCC(CCC)NC(C)CC1CC1. The van der Waals surface area contributed by atoms with Crippen LogP contribution in [-0.4, -0.2) is 12.1 Å². The molecule has 0 spiro atoms. The molecular formula is C13H27N. The fourth-order valence-corrected chi connectivity index (χ4v) is 2.33. The van der Waals surface area contributed by atoms with Crippen molar-refractivity contribution in [3.63, 3.8) is 0 Å². The summed E-state index contributed by atoms with van der Waals surface area (Å²) in [5.74, 6) is 1.06. The van der Waals surface area contributed by atoms with Crippen LogP contribution in [0.2, 0.25) is 0 Å². The molecule has 0 heterocycles. The van der Waals surface area contributed by atoms with Crippen molar-refractivity contribution >= 4 is 0 Å². The van der Waals surface area contributed by atoms with Crippen LogP contribution in [0.25, 0.3) is 0 Å². The molecule has 1 rings (SSSR count). The topological polar surface area (TPSA) is 12.0 Å². The van der Waals surface area contributed by atoms with E-state index in [2.05, 4.69) is 26.1 Å². The molecule has 1 saturated carbocycles. The van der Waals surface area contributed by atoms with E-state index in [0.717, 1.165) is 18.0 Å². The first-order valence-electron chi connectivity index (χ1n) is 6.52. The van der Waals surface area contributed by atoms with Crippen LogP contribution in [0.15, 0.2) is 0 Å². The Morgan fingerprint density at radius 1 is 1.14 bits per heavy atom. The molecule has 0 saturated heterocycles. The Kier molecular flexibility index (Phi) is 5.54. The van der Waals surface area contributed by atoms with Crippen molar-refractivity contribution < 1.29 is 0 Å². The van der Waals surface area contributed by atoms with Gasteiger partial charge in [0.25, 0.3) is 0 Å². The van der Waals surface area contributed by atoms with E-state index in [1.54, 1.807) is 0 Å². The summed E-state index contributed by atoms with van der Waals surface area (Å²) >= 11 is 0. The van der Waals surface area contributed by atoms with E-state index < -0.39 is 0 Å². The largest absolute Gasteiger partial charge is 0.311 e. The summed E-state index contributed by atoms with van der Waals surface area (Å²) in [6.07, 6.45) is 9.70. The van der Waals surface area contributed by atoms with Crippen LogP contribution >= 0.6 is 0 Å². The molecule has 0 aromatic carbocycles. The smallest absolute Gasteiger partial charge is 0.00693 e. The van der Waals surface area contributed by atoms with Crippen LogP contribution in [0.3, 0.4) is 0 Å². The Labute approximate surface area is 89.7 Å². The second-order valence-corrected chi connectivity index (χ2v) is 5.02. The molecule has 0 aliphatic heterocycles. The molecule has 0 bridgehead atoms. The summed E-state index contributed by atoms with van der Waals surface area (Å²) < 4.78 is 0. The molecule has 1 aliphatic carbocycles. The van der Waals surface area contributed by atoms with Gasteiger partial charge in [-0.25, -0.2) is 0 Å². The molecule has 1 fully saturated rings. The van der Waals surface area contributed by atoms with Gasteiger partial charge < -0.3 is 5.32 Å². The molecule has 1 aliphatic rings. The van der Waals surface area contributed by atoms with E-state index in [9.17, 15) is 0 Å². The fraction of sp³-hybridized carbons (Fsp3) is 1.00. The van der Waals surface area contributed by atoms with Crippen molar-refractivity contribution in [3.05, 3.63) is 0 Å². The molecule has 1 heteroatoms. The van der Waals surface area contributed by atoms with Crippen LogP contribution in [0.1, 0.15) is 65.7 Å². The number of hydrogen-bond donors (Lipinski definition) is 1. The number of rotatable bonds is 8. The first-order chi connectivity index (χ1) is 6.76. The van der Waals surface area contributed by atoms with Gasteiger partial charge in [0.1, 0.15) is 0 Å². The highest BCUT2D eigenvalue weighted by Gasteiger charge is 2.24. The molecule has 84 valence electrons. The average Bonchev–Trinajstić information content (AvgIpc) is 2.89. The Balaban J connectivity index is 2.14. The number of nitrogens with one attached hydrogen (secondary N) is 1. The Morgan fingerprint density at radius 3 is 2.14 bits per heavy atom. The highest BCUT2D eigenvalue weighted by atomic mass is 14.9. The van der Waals surface area contributed by atoms with Crippen LogP contribution in [0, 0.1) is 5.92 Å². The summed E-state index contributed by atoms with van der Waals surface area (Å²) in [5.41, 5.74) is 0. The number of hydrogen-bond acceptors (Lipinski definition) is 1. The monoisotopic (exact) mass is 197 g/mol. The van der Waals surface area contributed by atoms with Gasteiger partial charge in [-0.2, -0.15) is 0 Å². The molecule has 0 amide bonds. The van der Waals surface area contributed by atoms with Gasteiger partial charge in [-0.15, -0.1) is 0 Å². The van der Waals surface area contributed by atoms with E-state index in [1.807, 2.05) is 0 Å². The summed E-state index contributed by atoms with van der Waals surface area (Å²) in [7, 11) is 0. The third-order valence-corrected chi connectivity index (χ3v) is 3.18. The standard InChI is InChI=1S/C13H27N/c1-4-6-13(7-5-2)14-11(3)10-12-8-9-12/h11-14H,4-10H2,1-3H3. The molecule has 1 N–H and O–H groups in total. The molecule has 1 atom stereocenters. The lowest BCUT2D eigenvalue weighted by molar-refractivity contribution is 0.375. The zero-order valence-electron chi connectivity index (χ0n) is 10.2. The highest BCUT2D eigenvalue weighted by molar-refractivity contribution is 4.80. The average molecular weight is 197 g/mol. The molecule has 14 heavy (non-hydrogen) atoms. The lowest BCUT2D eigenvalue weighted by Crippen LogP contribution is -2.36. The molecule has 0 aromatic heterocycles. The van der Waals surface area contributed by atoms with Gasteiger partial charge in [0, 0.05) is 12.1 Å². The quantitative estimate of drug-likeness (QED) is 0.625. The van der Waals surface area contributed by atoms with Crippen molar-refractivity contribution in [2.24, 2.45) is 5.92 Å². The van der Waals surface area contributed by atoms with Crippen LogP contribution in [-0.2, 0) is 0 Å². The maximum atomic E-state index is 3.79. The fourth-order valence-electron chi connectivity index (χ4n) is 2.33. The van der Waals surface area contributed by atoms with E-state index >= 15 is 0 Å². The van der Waals surface area contributed by atoms with Crippen molar-refractivity contribution in [1.82, 2.24) is 5.32 Å². The first-order valence-corrected chi connectivity index (χ1v) is 6.52. The predicted octanol–water partition coefficient (Wildman–Crippen LogP) is 3.73. The molecule has 0 aromatic rings. The summed E-state index contributed by atoms with van der Waals surface area (Å²) in [6, 6.07) is 1.52. The second-order valence-electron chi connectivity index (χ2n) is 5.02. The summed E-state index contributed by atoms with van der Waals surface area (Å²) in [4.78, 5) is 0. The Hall–Kier alpha value is -0.0400. The molecule has 0 radical (unpaired) electrons.